The van der Waals surface area contributed by atoms with E-state index in [2.05, 4.69) is 21.2 Å². The van der Waals surface area contributed by atoms with Crippen molar-refractivity contribution in [2.24, 2.45) is 0 Å². The number of hydrogen-bond acceptors (Lipinski definition) is 2. The minimum atomic E-state index is -2.39. The predicted molar refractivity (Wildman–Crippen MR) is 67.4 cm³/mol. The molecule has 0 radical (unpaired) electrons. The zero-order valence-corrected chi connectivity index (χ0v) is 11.3. The maximum atomic E-state index is 11.7. The second-order valence-electron chi connectivity index (χ2n) is 3.73. The minimum absolute atomic E-state index is 0.303. The van der Waals surface area contributed by atoms with E-state index in [1.807, 2.05) is 25.1 Å². The summed E-state index contributed by atoms with van der Waals surface area (Å²) in [5, 5.41) is 3.13. The average molecular weight is 308 g/mol. The molecule has 0 aliphatic carbocycles. The topological polar surface area (TPSA) is 21.3 Å². The van der Waals surface area contributed by atoms with Crippen molar-refractivity contribution in [2.45, 2.75) is 19.9 Å². The third-order valence-electron chi connectivity index (χ3n) is 2.23. The Hall–Kier alpha value is -0.520. The Bertz CT molecular complexity index is 347. The van der Waals surface area contributed by atoms with Crippen molar-refractivity contribution in [3.05, 3.63) is 33.8 Å². The van der Waals surface area contributed by atoms with Crippen molar-refractivity contribution in [2.75, 3.05) is 19.8 Å². The lowest BCUT2D eigenvalue weighted by Crippen LogP contribution is -2.20. The molecule has 5 heteroatoms. The van der Waals surface area contributed by atoms with Crippen LogP contribution < -0.4 is 5.32 Å². The zero-order valence-electron chi connectivity index (χ0n) is 9.68. The molecule has 0 aliphatic heterocycles. The van der Waals surface area contributed by atoms with Crippen LogP contribution in [0.15, 0.2) is 22.7 Å². The first-order valence-electron chi connectivity index (χ1n) is 5.41. The number of rotatable bonds is 7. The number of nitrogens with one attached hydrogen (secondary N) is 1. The third-order valence-corrected chi connectivity index (χ3v) is 3.09. The SMILES string of the molecule is Cc1ccc(CNCCOCC(F)F)cc1Br. The molecule has 1 aromatic carbocycles. The Kier molecular flexibility index (Phi) is 6.62. The monoisotopic (exact) mass is 307 g/mol. The molecule has 1 N–H and O–H groups in total. The predicted octanol–water partition coefficient (Wildman–Crippen LogP) is 3.13. The van der Waals surface area contributed by atoms with Crippen molar-refractivity contribution < 1.29 is 13.5 Å². The van der Waals surface area contributed by atoms with Crippen molar-refractivity contribution in [3.8, 4) is 0 Å². The van der Waals surface area contributed by atoms with Gasteiger partial charge in [0.05, 0.1) is 6.61 Å². The molecule has 0 aliphatic rings. The molecule has 0 aromatic heterocycles. The van der Waals surface area contributed by atoms with E-state index in [0.717, 1.165) is 10.0 Å². The lowest BCUT2D eigenvalue weighted by molar-refractivity contribution is 0.0187. The molecular weight excluding hydrogens is 292 g/mol. The van der Waals surface area contributed by atoms with E-state index in [4.69, 9.17) is 4.74 Å². The van der Waals surface area contributed by atoms with Gasteiger partial charge in [-0.2, -0.15) is 0 Å². The van der Waals surface area contributed by atoms with Gasteiger partial charge >= 0.3 is 0 Å². The average Bonchev–Trinajstić information content (AvgIpc) is 2.27. The number of halogens is 3. The van der Waals surface area contributed by atoms with E-state index in [9.17, 15) is 8.78 Å². The Morgan fingerprint density at radius 2 is 2.18 bits per heavy atom. The highest BCUT2D eigenvalue weighted by molar-refractivity contribution is 9.10. The number of aryl methyl sites for hydroxylation is 1. The second kappa shape index (κ2) is 7.74. The van der Waals surface area contributed by atoms with Crippen molar-refractivity contribution in [3.63, 3.8) is 0 Å². The van der Waals surface area contributed by atoms with Gasteiger partial charge in [0.1, 0.15) is 6.61 Å². The molecule has 0 heterocycles. The fourth-order valence-electron chi connectivity index (χ4n) is 1.30. The summed E-state index contributed by atoms with van der Waals surface area (Å²) in [4.78, 5) is 0. The summed E-state index contributed by atoms with van der Waals surface area (Å²) in [6.45, 7) is 3.11. The Balaban J connectivity index is 2.16. The lowest BCUT2D eigenvalue weighted by Gasteiger charge is -2.07. The summed E-state index contributed by atoms with van der Waals surface area (Å²) >= 11 is 3.46. The van der Waals surface area contributed by atoms with Gasteiger partial charge in [0.15, 0.2) is 0 Å². The van der Waals surface area contributed by atoms with Crippen LogP contribution in [0.4, 0.5) is 8.78 Å². The van der Waals surface area contributed by atoms with Gasteiger partial charge in [0.2, 0.25) is 0 Å². The van der Waals surface area contributed by atoms with E-state index in [0.29, 0.717) is 19.7 Å². The first-order chi connectivity index (χ1) is 8.09. The van der Waals surface area contributed by atoms with Gasteiger partial charge < -0.3 is 10.1 Å². The van der Waals surface area contributed by atoms with Gasteiger partial charge in [-0.1, -0.05) is 28.1 Å². The van der Waals surface area contributed by atoms with E-state index in [1.165, 1.54) is 5.56 Å². The van der Waals surface area contributed by atoms with Crippen LogP contribution in [0.25, 0.3) is 0 Å². The highest BCUT2D eigenvalue weighted by atomic mass is 79.9. The van der Waals surface area contributed by atoms with Crippen molar-refractivity contribution in [1.82, 2.24) is 5.32 Å². The van der Waals surface area contributed by atoms with Crippen LogP contribution >= 0.6 is 15.9 Å². The molecule has 1 aromatic rings. The fraction of sp³-hybridized carbons (Fsp3) is 0.500. The fourth-order valence-corrected chi connectivity index (χ4v) is 1.72. The van der Waals surface area contributed by atoms with Gasteiger partial charge in [-0.15, -0.1) is 0 Å². The second-order valence-corrected chi connectivity index (χ2v) is 4.58. The zero-order chi connectivity index (χ0) is 12.7. The summed E-state index contributed by atoms with van der Waals surface area (Å²) in [5.74, 6) is 0. The molecule has 0 atom stereocenters. The van der Waals surface area contributed by atoms with E-state index < -0.39 is 13.0 Å². The van der Waals surface area contributed by atoms with Crippen LogP contribution in [0, 0.1) is 6.92 Å². The van der Waals surface area contributed by atoms with Gasteiger partial charge in [0.25, 0.3) is 6.43 Å². The van der Waals surface area contributed by atoms with Crippen molar-refractivity contribution in [1.29, 1.82) is 0 Å². The normalized spacial score (nSPS) is 11.1. The highest BCUT2D eigenvalue weighted by Crippen LogP contribution is 2.17. The molecule has 96 valence electrons. The summed E-state index contributed by atoms with van der Waals surface area (Å²) in [5.41, 5.74) is 2.34. The van der Waals surface area contributed by atoms with Gasteiger partial charge in [-0.05, 0) is 24.1 Å². The maximum Gasteiger partial charge on any atom is 0.261 e. The van der Waals surface area contributed by atoms with E-state index in [-0.39, 0.29) is 0 Å². The van der Waals surface area contributed by atoms with Gasteiger partial charge in [-0.25, -0.2) is 8.78 Å². The van der Waals surface area contributed by atoms with Crippen LogP contribution in [0.2, 0.25) is 0 Å². The first kappa shape index (κ1) is 14.5. The lowest BCUT2D eigenvalue weighted by atomic mass is 10.1. The van der Waals surface area contributed by atoms with Crippen LogP contribution in [0.3, 0.4) is 0 Å². The Morgan fingerprint density at radius 1 is 1.41 bits per heavy atom. The molecule has 1 rings (SSSR count). The van der Waals surface area contributed by atoms with Gasteiger partial charge in [-0.3, -0.25) is 0 Å². The minimum Gasteiger partial charge on any atom is -0.374 e. The van der Waals surface area contributed by atoms with E-state index >= 15 is 0 Å². The molecule has 0 unspecified atom stereocenters. The summed E-state index contributed by atoms with van der Waals surface area (Å²) in [6.07, 6.45) is -2.39. The van der Waals surface area contributed by atoms with Crippen LogP contribution in [-0.2, 0) is 11.3 Å². The summed E-state index contributed by atoms with van der Waals surface area (Å²) in [7, 11) is 0. The molecule has 0 bridgehead atoms. The van der Waals surface area contributed by atoms with Gasteiger partial charge in [0, 0.05) is 17.6 Å². The summed E-state index contributed by atoms with van der Waals surface area (Å²) < 4.78 is 29.3. The molecule has 17 heavy (non-hydrogen) atoms. The highest BCUT2D eigenvalue weighted by Gasteiger charge is 2.01. The maximum absolute atomic E-state index is 11.7. The summed E-state index contributed by atoms with van der Waals surface area (Å²) in [6, 6.07) is 6.11. The molecule has 0 spiro atoms. The van der Waals surface area contributed by atoms with Crippen LogP contribution in [0.1, 0.15) is 11.1 Å². The smallest absolute Gasteiger partial charge is 0.261 e. The van der Waals surface area contributed by atoms with E-state index in [1.54, 1.807) is 0 Å². The molecule has 0 saturated heterocycles. The standard InChI is InChI=1S/C12H16BrF2NO/c1-9-2-3-10(6-11(9)13)7-16-4-5-17-8-12(14)15/h2-3,6,12,16H,4-5,7-8H2,1H3. The third kappa shape index (κ3) is 6.10. The first-order valence-corrected chi connectivity index (χ1v) is 6.20. The molecule has 0 amide bonds. The van der Waals surface area contributed by atoms with Crippen LogP contribution in [-0.4, -0.2) is 26.2 Å². The number of ether oxygens (including phenoxy) is 1. The molecule has 0 fully saturated rings. The largest absolute Gasteiger partial charge is 0.374 e. The number of hydrogen-bond donors (Lipinski definition) is 1. The molecule has 2 nitrogen and oxygen atoms in total. The van der Waals surface area contributed by atoms with Crippen molar-refractivity contribution >= 4 is 15.9 Å². The number of alkyl halides is 2. The Labute approximate surface area is 108 Å². The quantitative estimate of drug-likeness (QED) is 0.782. The number of benzene rings is 1. The Morgan fingerprint density at radius 3 is 2.82 bits per heavy atom. The molecular formula is C12H16BrF2NO. The molecule has 0 saturated carbocycles. The van der Waals surface area contributed by atoms with Crippen LogP contribution in [0.5, 0.6) is 0 Å².